The van der Waals surface area contributed by atoms with E-state index in [0.717, 1.165) is 49.7 Å². The summed E-state index contributed by atoms with van der Waals surface area (Å²) in [7, 11) is 1.69. The van der Waals surface area contributed by atoms with Crippen molar-refractivity contribution in [1.29, 1.82) is 0 Å². The Morgan fingerprint density at radius 1 is 1.24 bits per heavy atom. The third kappa shape index (κ3) is 4.90. The van der Waals surface area contributed by atoms with Gasteiger partial charge in [0.15, 0.2) is 11.5 Å². The molecule has 1 aliphatic heterocycles. The van der Waals surface area contributed by atoms with E-state index in [2.05, 4.69) is 32.2 Å². The topological polar surface area (TPSA) is 39.7 Å². The predicted molar refractivity (Wildman–Crippen MR) is 84.1 cm³/mol. The number of hydrogen-bond acceptors (Lipinski definition) is 4. The summed E-state index contributed by atoms with van der Waals surface area (Å²) in [6, 6.07) is 6.06. The van der Waals surface area contributed by atoms with E-state index in [1.165, 1.54) is 0 Å². The van der Waals surface area contributed by atoms with E-state index in [1.54, 1.807) is 7.11 Å². The van der Waals surface area contributed by atoms with Crippen LogP contribution in [-0.2, 0) is 11.3 Å². The zero-order valence-electron chi connectivity index (χ0n) is 13.6. The molecule has 1 heterocycles. The Hall–Kier alpha value is -1.26. The summed E-state index contributed by atoms with van der Waals surface area (Å²) < 4.78 is 17.1. The second-order valence-electron chi connectivity index (χ2n) is 6.48. The smallest absolute Gasteiger partial charge is 0.166 e. The van der Waals surface area contributed by atoms with E-state index in [1.807, 2.05) is 12.1 Å². The molecule has 1 aliphatic rings. The summed E-state index contributed by atoms with van der Waals surface area (Å²) in [5, 5.41) is 3.51. The van der Waals surface area contributed by atoms with E-state index < -0.39 is 0 Å². The van der Waals surface area contributed by atoms with Crippen LogP contribution in [0.5, 0.6) is 11.5 Å². The maximum Gasteiger partial charge on any atom is 0.166 e. The van der Waals surface area contributed by atoms with Crippen LogP contribution in [0.4, 0.5) is 0 Å². The fourth-order valence-electron chi connectivity index (χ4n) is 2.32. The first-order valence-corrected chi connectivity index (χ1v) is 7.65. The Labute approximate surface area is 127 Å². The largest absolute Gasteiger partial charge is 0.493 e. The van der Waals surface area contributed by atoms with Gasteiger partial charge in [-0.3, -0.25) is 0 Å². The molecule has 0 amide bonds. The molecule has 4 heteroatoms. The van der Waals surface area contributed by atoms with Crippen molar-refractivity contribution in [2.45, 2.75) is 51.8 Å². The average Bonchev–Trinajstić information content (AvgIpc) is 2.46. The molecule has 1 saturated heterocycles. The van der Waals surface area contributed by atoms with E-state index >= 15 is 0 Å². The van der Waals surface area contributed by atoms with Crippen LogP contribution in [0.1, 0.15) is 39.2 Å². The van der Waals surface area contributed by atoms with Crippen LogP contribution in [0.3, 0.4) is 0 Å². The summed E-state index contributed by atoms with van der Waals surface area (Å²) in [6.07, 6.45) is 2.08. The van der Waals surface area contributed by atoms with Gasteiger partial charge in [-0.05, 0) is 26.8 Å². The highest BCUT2D eigenvalue weighted by Crippen LogP contribution is 2.33. The summed E-state index contributed by atoms with van der Waals surface area (Å²) in [6.45, 7) is 8.79. The van der Waals surface area contributed by atoms with Crippen LogP contribution in [0.15, 0.2) is 18.2 Å². The second-order valence-corrected chi connectivity index (χ2v) is 6.48. The molecule has 2 rings (SSSR count). The number of hydrogen-bond donors (Lipinski definition) is 1. The number of benzene rings is 1. The minimum absolute atomic E-state index is 0.0685. The Kier molecular flexibility index (Phi) is 5.48. The van der Waals surface area contributed by atoms with Crippen molar-refractivity contribution in [1.82, 2.24) is 5.32 Å². The fraction of sp³-hybridized carbons (Fsp3) is 0.647. The first kappa shape index (κ1) is 16.1. The molecular formula is C17H27NO3. The normalized spacial score (nSPS) is 16.8. The van der Waals surface area contributed by atoms with Crippen molar-refractivity contribution in [2.75, 3.05) is 20.3 Å². The molecular weight excluding hydrogens is 266 g/mol. The van der Waals surface area contributed by atoms with Crippen LogP contribution in [0, 0.1) is 0 Å². The molecule has 0 bridgehead atoms. The lowest BCUT2D eigenvalue weighted by Gasteiger charge is -2.27. The Morgan fingerprint density at radius 2 is 1.95 bits per heavy atom. The lowest BCUT2D eigenvalue weighted by atomic mass is 10.1. The molecule has 1 fully saturated rings. The van der Waals surface area contributed by atoms with Gasteiger partial charge in [0.2, 0.25) is 0 Å². The maximum absolute atomic E-state index is 6.23. The van der Waals surface area contributed by atoms with Gasteiger partial charge in [0.05, 0.1) is 20.3 Å². The van der Waals surface area contributed by atoms with Crippen molar-refractivity contribution in [3.8, 4) is 11.5 Å². The Morgan fingerprint density at radius 3 is 2.57 bits per heavy atom. The molecule has 0 saturated carbocycles. The first-order valence-electron chi connectivity index (χ1n) is 7.65. The monoisotopic (exact) mass is 293 g/mol. The van der Waals surface area contributed by atoms with Crippen LogP contribution < -0.4 is 14.8 Å². The van der Waals surface area contributed by atoms with E-state index in [9.17, 15) is 0 Å². The van der Waals surface area contributed by atoms with Crippen LogP contribution in [0.25, 0.3) is 0 Å². The van der Waals surface area contributed by atoms with Crippen LogP contribution in [0.2, 0.25) is 0 Å². The molecule has 0 spiro atoms. The SMILES string of the molecule is COc1cccc(CNC(C)(C)C)c1OC1CCOCC1. The van der Waals surface area contributed by atoms with Gasteiger partial charge in [-0.15, -0.1) is 0 Å². The quantitative estimate of drug-likeness (QED) is 0.905. The molecule has 4 nitrogen and oxygen atoms in total. The predicted octanol–water partition coefficient (Wildman–Crippen LogP) is 3.14. The third-order valence-corrected chi connectivity index (χ3v) is 3.54. The highest BCUT2D eigenvalue weighted by atomic mass is 16.5. The van der Waals surface area contributed by atoms with Gasteiger partial charge in [-0.1, -0.05) is 12.1 Å². The van der Waals surface area contributed by atoms with Gasteiger partial charge in [-0.2, -0.15) is 0 Å². The van der Waals surface area contributed by atoms with Crippen molar-refractivity contribution < 1.29 is 14.2 Å². The fourth-order valence-corrected chi connectivity index (χ4v) is 2.32. The molecule has 0 unspecified atom stereocenters. The van der Waals surface area contributed by atoms with Gasteiger partial charge in [-0.25, -0.2) is 0 Å². The van der Waals surface area contributed by atoms with Crippen LogP contribution >= 0.6 is 0 Å². The van der Waals surface area contributed by atoms with E-state index in [0.29, 0.717) is 0 Å². The zero-order chi connectivity index (χ0) is 15.3. The third-order valence-electron chi connectivity index (χ3n) is 3.54. The highest BCUT2D eigenvalue weighted by Gasteiger charge is 2.20. The van der Waals surface area contributed by atoms with Crippen molar-refractivity contribution in [3.05, 3.63) is 23.8 Å². The van der Waals surface area contributed by atoms with Gasteiger partial charge in [0, 0.05) is 30.5 Å². The van der Waals surface area contributed by atoms with Gasteiger partial charge in [0.1, 0.15) is 6.10 Å². The number of rotatable bonds is 5. The summed E-state index contributed by atoms with van der Waals surface area (Å²) in [4.78, 5) is 0. The summed E-state index contributed by atoms with van der Waals surface area (Å²) in [5.41, 5.74) is 1.20. The van der Waals surface area contributed by atoms with Crippen molar-refractivity contribution in [2.24, 2.45) is 0 Å². The molecule has 1 aromatic rings. The molecule has 0 radical (unpaired) electrons. The van der Waals surface area contributed by atoms with E-state index in [-0.39, 0.29) is 11.6 Å². The van der Waals surface area contributed by atoms with Gasteiger partial charge >= 0.3 is 0 Å². The summed E-state index contributed by atoms with van der Waals surface area (Å²) >= 11 is 0. The zero-order valence-corrected chi connectivity index (χ0v) is 13.6. The first-order chi connectivity index (χ1) is 9.99. The lowest BCUT2D eigenvalue weighted by molar-refractivity contribution is 0.0241. The van der Waals surface area contributed by atoms with Gasteiger partial charge < -0.3 is 19.5 Å². The Balaban J connectivity index is 2.14. The molecule has 21 heavy (non-hydrogen) atoms. The maximum atomic E-state index is 6.23. The van der Waals surface area contributed by atoms with Crippen molar-refractivity contribution >= 4 is 0 Å². The van der Waals surface area contributed by atoms with Crippen molar-refractivity contribution in [3.63, 3.8) is 0 Å². The number of para-hydroxylation sites is 1. The minimum atomic E-state index is 0.0685. The van der Waals surface area contributed by atoms with E-state index in [4.69, 9.17) is 14.2 Å². The second kappa shape index (κ2) is 7.14. The van der Waals surface area contributed by atoms with Crippen LogP contribution in [-0.4, -0.2) is 32.0 Å². The highest BCUT2D eigenvalue weighted by molar-refractivity contribution is 5.46. The molecule has 0 aliphatic carbocycles. The average molecular weight is 293 g/mol. The lowest BCUT2D eigenvalue weighted by Crippen LogP contribution is -2.35. The number of methoxy groups -OCH3 is 1. The van der Waals surface area contributed by atoms with Gasteiger partial charge in [0.25, 0.3) is 0 Å². The molecule has 1 aromatic carbocycles. The standard InChI is InChI=1S/C17H27NO3/c1-17(2,3)18-12-13-6-5-7-15(19-4)16(13)21-14-8-10-20-11-9-14/h5-7,14,18H,8-12H2,1-4H3. The number of ether oxygens (including phenoxy) is 3. The number of nitrogens with one attached hydrogen (secondary N) is 1. The molecule has 1 N–H and O–H groups in total. The summed E-state index contributed by atoms with van der Waals surface area (Å²) in [5.74, 6) is 1.67. The Bertz CT molecular complexity index is 448. The molecule has 0 aromatic heterocycles. The molecule has 118 valence electrons. The minimum Gasteiger partial charge on any atom is -0.493 e. The molecule has 0 atom stereocenters.